The molecule has 0 saturated carbocycles. The van der Waals surface area contributed by atoms with Crippen molar-refractivity contribution in [1.82, 2.24) is 9.36 Å². The lowest BCUT2D eigenvalue weighted by Gasteiger charge is -1.83. The molecular formula is C6H4ClN3S2. The molecule has 2 aromatic heterocycles. The lowest BCUT2D eigenvalue weighted by Crippen LogP contribution is -1.81. The summed E-state index contributed by atoms with van der Waals surface area (Å²) in [5.74, 6) is 0.661. The van der Waals surface area contributed by atoms with Gasteiger partial charge in [-0.05, 0) is 6.07 Å². The Morgan fingerprint density at radius 3 is 2.83 bits per heavy atom. The number of nitrogens with two attached hydrogens (primary N) is 1. The van der Waals surface area contributed by atoms with E-state index in [1.807, 2.05) is 11.4 Å². The van der Waals surface area contributed by atoms with Crippen LogP contribution in [0.25, 0.3) is 10.7 Å². The maximum absolute atomic E-state index is 5.74. The molecule has 0 saturated heterocycles. The summed E-state index contributed by atoms with van der Waals surface area (Å²) in [7, 11) is 0. The minimum atomic E-state index is 0.481. The summed E-state index contributed by atoms with van der Waals surface area (Å²) in [4.78, 5) is 4.98. The van der Waals surface area contributed by atoms with Gasteiger partial charge < -0.3 is 5.73 Å². The zero-order valence-corrected chi connectivity index (χ0v) is 8.21. The highest BCUT2D eigenvalue weighted by atomic mass is 35.5. The van der Waals surface area contributed by atoms with Gasteiger partial charge in [0.25, 0.3) is 0 Å². The van der Waals surface area contributed by atoms with E-state index in [-0.39, 0.29) is 0 Å². The Morgan fingerprint density at radius 1 is 1.50 bits per heavy atom. The Bertz CT molecular complexity index is 357. The first-order valence-corrected chi connectivity index (χ1v) is 5.12. The summed E-state index contributed by atoms with van der Waals surface area (Å²) in [5.41, 5.74) is 5.44. The van der Waals surface area contributed by atoms with Gasteiger partial charge in [0.05, 0.1) is 9.90 Å². The summed E-state index contributed by atoms with van der Waals surface area (Å²) in [5, 5.41) is 3.03. The largest absolute Gasteiger partial charge is 0.374 e. The van der Waals surface area contributed by atoms with E-state index in [4.69, 9.17) is 17.3 Å². The highest BCUT2D eigenvalue weighted by molar-refractivity contribution is 7.14. The summed E-state index contributed by atoms with van der Waals surface area (Å²) in [6.45, 7) is 0. The Hall–Kier alpha value is -0.650. The van der Waals surface area contributed by atoms with Crippen molar-refractivity contribution >= 4 is 39.6 Å². The lowest BCUT2D eigenvalue weighted by molar-refractivity contribution is 1.35. The van der Waals surface area contributed by atoms with Crippen LogP contribution in [0.5, 0.6) is 0 Å². The van der Waals surface area contributed by atoms with Crippen molar-refractivity contribution < 1.29 is 0 Å². The quantitative estimate of drug-likeness (QED) is 0.799. The third-order valence-corrected chi connectivity index (χ3v) is 3.05. The van der Waals surface area contributed by atoms with Gasteiger partial charge in [0, 0.05) is 16.9 Å². The fourth-order valence-electron chi connectivity index (χ4n) is 0.766. The van der Waals surface area contributed by atoms with E-state index in [2.05, 4.69) is 9.36 Å². The van der Waals surface area contributed by atoms with Crippen LogP contribution in [0.4, 0.5) is 5.13 Å². The number of aromatic nitrogens is 2. The second-order valence-electron chi connectivity index (χ2n) is 2.09. The number of nitrogen functional groups attached to an aromatic ring is 1. The van der Waals surface area contributed by atoms with E-state index in [0.717, 1.165) is 4.88 Å². The van der Waals surface area contributed by atoms with Crippen LogP contribution < -0.4 is 5.73 Å². The Kier molecular flexibility index (Phi) is 2.00. The fraction of sp³-hybridized carbons (Fsp3) is 0. The first-order valence-electron chi connectivity index (χ1n) is 3.09. The zero-order valence-electron chi connectivity index (χ0n) is 5.82. The molecule has 6 heteroatoms. The molecule has 0 aliphatic carbocycles. The number of rotatable bonds is 1. The van der Waals surface area contributed by atoms with E-state index in [9.17, 15) is 0 Å². The van der Waals surface area contributed by atoms with Crippen molar-refractivity contribution in [3.63, 3.8) is 0 Å². The smallest absolute Gasteiger partial charge is 0.200 e. The molecule has 0 aliphatic rings. The molecule has 0 spiro atoms. The first-order chi connectivity index (χ1) is 5.75. The standard InChI is InChI=1S/C6H4ClN3S2/c7-3-1-4(11-2-3)5-9-6(8)12-10-5/h1-2H,(H2,8,9,10). The molecule has 3 nitrogen and oxygen atoms in total. The normalized spacial score (nSPS) is 10.4. The van der Waals surface area contributed by atoms with Gasteiger partial charge in [-0.25, -0.2) is 0 Å². The van der Waals surface area contributed by atoms with E-state index in [1.165, 1.54) is 22.9 Å². The number of halogens is 1. The maximum atomic E-state index is 5.74. The topological polar surface area (TPSA) is 51.8 Å². The van der Waals surface area contributed by atoms with Crippen molar-refractivity contribution in [3.05, 3.63) is 16.5 Å². The second-order valence-corrected chi connectivity index (χ2v) is 4.22. The molecule has 2 aromatic rings. The minimum absolute atomic E-state index is 0.481. The van der Waals surface area contributed by atoms with E-state index < -0.39 is 0 Å². The number of hydrogen-bond donors (Lipinski definition) is 1. The van der Waals surface area contributed by atoms with Gasteiger partial charge in [-0.15, -0.1) is 11.3 Å². The maximum Gasteiger partial charge on any atom is 0.200 e. The van der Waals surface area contributed by atoms with E-state index >= 15 is 0 Å². The van der Waals surface area contributed by atoms with Crippen LogP contribution in [0.1, 0.15) is 0 Å². The lowest BCUT2D eigenvalue weighted by atomic mass is 10.4. The predicted molar refractivity (Wildman–Crippen MR) is 52.6 cm³/mol. The first kappa shape index (κ1) is 7.97. The van der Waals surface area contributed by atoms with Crippen LogP contribution in [-0.2, 0) is 0 Å². The van der Waals surface area contributed by atoms with Gasteiger partial charge in [-0.2, -0.15) is 9.36 Å². The van der Waals surface area contributed by atoms with E-state index in [1.54, 1.807) is 0 Å². The van der Waals surface area contributed by atoms with Crippen molar-refractivity contribution in [3.8, 4) is 10.7 Å². The van der Waals surface area contributed by atoms with Gasteiger partial charge in [0.15, 0.2) is 11.0 Å². The second kappa shape index (κ2) is 3.01. The third-order valence-electron chi connectivity index (χ3n) is 1.23. The molecule has 12 heavy (non-hydrogen) atoms. The molecule has 0 aromatic carbocycles. The van der Waals surface area contributed by atoms with Crippen LogP contribution in [0.2, 0.25) is 5.02 Å². The van der Waals surface area contributed by atoms with Crippen LogP contribution >= 0.6 is 34.5 Å². The molecule has 62 valence electrons. The summed E-state index contributed by atoms with van der Waals surface area (Å²) >= 11 is 8.44. The number of anilines is 1. The summed E-state index contributed by atoms with van der Waals surface area (Å²) in [6, 6.07) is 1.83. The summed E-state index contributed by atoms with van der Waals surface area (Å²) < 4.78 is 4.06. The zero-order chi connectivity index (χ0) is 8.55. The van der Waals surface area contributed by atoms with Gasteiger partial charge in [0.1, 0.15) is 0 Å². The average Bonchev–Trinajstić information content (AvgIpc) is 2.58. The molecule has 2 heterocycles. The molecule has 2 N–H and O–H groups in total. The molecule has 0 atom stereocenters. The van der Waals surface area contributed by atoms with Crippen LogP contribution in [0.15, 0.2) is 11.4 Å². The average molecular weight is 218 g/mol. The van der Waals surface area contributed by atoms with Gasteiger partial charge in [-0.3, -0.25) is 0 Å². The SMILES string of the molecule is Nc1nc(-c2cc(Cl)cs2)ns1. The van der Waals surface area contributed by atoms with Gasteiger partial charge in [0.2, 0.25) is 0 Å². The monoisotopic (exact) mass is 217 g/mol. The molecule has 0 aliphatic heterocycles. The van der Waals surface area contributed by atoms with Crippen molar-refractivity contribution in [1.29, 1.82) is 0 Å². The summed E-state index contributed by atoms with van der Waals surface area (Å²) in [6.07, 6.45) is 0. The third kappa shape index (κ3) is 1.43. The Labute approximate surface area is 82.0 Å². The Morgan fingerprint density at radius 2 is 2.33 bits per heavy atom. The minimum Gasteiger partial charge on any atom is -0.374 e. The van der Waals surface area contributed by atoms with Crippen LogP contribution in [0.3, 0.4) is 0 Å². The highest BCUT2D eigenvalue weighted by Gasteiger charge is 2.06. The van der Waals surface area contributed by atoms with Crippen molar-refractivity contribution in [2.24, 2.45) is 0 Å². The number of thiophene rings is 1. The van der Waals surface area contributed by atoms with Gasteiger partial charge in [-0.1, -0.05) is 11.6 Å². The Balaban J connectivity index is 2.43. The van der Waals surface area contributed by atoms with Crippen LogP contribution in [-0.4, -0.2) is 9.36 Å². The molecular weight excluding hydrogens is 214 g/mol. The number of hydrogen-bond acceptors (Lipinski definition) is 5. The molecule has 0 bridgehead atoms. The molecule has 2 rings (SSSR count). The molecule has 0 unspecified atom stereocenters. The van der Waals surface area contributed by atoms with Crippen molar-refractivity contribution in [2.75, 3.05) is 5.73 Å². The highest BCUT2D eigenvalue weighted by Crippen LogP contribution is 2.28. The molecule has 0 radical (unpaired) electrons. The van der Waals surface area contributed by atoms with Crippen molar-refractivity contribution in [2.45, 2.75) is 0 Å². The molecule has 0 amide bonds. The fourth-order valence-corrected chi connectivity index (χ4v) is 2.28. The molecule has 0 fully saturated rings. The predicted octanol–water partition coefficient (Wildman–Crippen LogP) is 2.50. The number of nitrogens with zero attached hydrogens (tertiary/aromatic N) is 2. The van der Waals surface area contributed by atoms with E-state index in [0.29, 0.717) is 16.0 Å². The van der Waals surface area contributed by atoms with Crippen LogP contribution in [0, 0.1) is 0 Å². The van der Waals surface area contributed by atoms with Gasteiger partial charge >= 0.3 is 0 Å².